The first-order valence-corrected chi connectivity index (χ1v) is 8.62. The monoisotopic (exact) mass is 272 g/mol. The van der Waals surface area contributed by atoms with Crippen LogP contribution in [-0.4, -0.2) is 37.6 Å². The number of carbonyl (C=O) groups excluding carboxylic acids is 1. The van der Waals surface area contributed by atoms with E-state index in [-0.39, 0.29) is 5.41 Å². The van der Waals surface area contributed by atoms with Gasteiger partial charge < -0.3 is 10.6 Å². The Kier molecular flexibility index (Phi) is 7.75. The molecule has 0 aromatic carbocycles. The van der Waals surface area contributed by atoms with Crippen molar-refractivity contribution in [1.29, 1.82) is 0 Å². The van der Waals surface area contributed by atoms with Gasteiger partial charge in [-0.2, -0.15) is 11.8 Å². The summed E-state index contributed by atoms with van der Waals surface area (Å²) in [5.41, 5.74) is -0.0838. The van der Waals surface area contributed by atoms with Crippen LogP contribution in [0.25, 0.3) is 0 Å². The van der Waals surface area contributed by atoms with Gasteiger partial charge in [-0.05, 0) is 57.2 Å². The van der Waals surface area contributed by atoms with Crippen molar-refractivity contribution in [3.05, 3.63) is 0 Å². The maximum absolute atomic E-state index is 12.4. The van der Waals surface area contributed by atoms with Crippen molar-refractivity contribution < 1.29 is 4.79 Å². The van der Waals surface area contributed by atoms with Crippen LogP contribution < -0.4 is 10.6 Å². The Bertz CT molecular complexity index is 234. The number of nitrogens with one attached hydrogen (secondary N) is 2. The van der Waals surface area contributed by atoms with Crippen molar-refractivity contribution in [3.63, 3.8) is 0 Å². The number of carbonyl (C=O) groups is 1. The number of amides is 1. The van der Waals surface area contributed by atoms with E-state index >= 15 is 0 Å². The van der Waals surface area contributed by atoms with Crippen LogP contribution in [0.2, 0.25) is 0 Å². The minimum absolute atomic E-state index is 0.0838. The number of hydrogen-bond acceptors (Lipinski definition) is 3. The first-order valence-electron chi connectivity index (χ1n) is 7.23. The molecule has 0 aliphatic carbocycles. The predicted molar refractivity (Wildman–Crippen MR) is 80.1 cm³/mol. The number of hydrogen-bond donors (Lipinski definition) is 2. The van der Waals surface area contributed by atoms with E-state index in [9.17, 15) is 4.79 Å². The highest BCUT2D eigenvalue weighted by Gasteiger charge is 2.38. The van der Waals surface area contributed by atoms with E-state index in [1.165, 1.54) is 12.2 Å². The van der Waals surface area contributed by atoms with Gasteiger partial charge in [0, 0.05) is 6.54 Å². The standard InChI is InChI=1S/C14H28N2OS/c1-3-6-14(7-10-15-11-8-14)13(17)16-9-4-5-12-18-2/h15H,3-12H2,1-2H3,(H,16,17). The highest BCUT2D eigenvalue weighted by Crippen LogP contribution is 2.34. The van der Waals surface area contributed by atoms with Crippen LogP contribution in [0.5, 0.6) is 0 Å². The summed E-state index contributed by atoms with van der Waals surface area (Å²) in [6.45, 7) is 4.99. The average molecular weight is 272 g/mol. The van der Waals surface area contributed by atoms with E-state index in [0.29, 0.717) is 5.91 Å². The van der Waals surface area contributed by atoms with Crippen LogP contribution in [0.1, 0.15) is 45.4 Å². The van der Waals surface area contributed by atoms with Gasteiger partial charge in [-0.3, -0.25) is 4.79 Å². The molecule has 0 aromatic heterocycles. The van der Waals surface area contributed by atoms with Crippen LogP contribution in [0.4, 0.5) is 0 Å². The third-order valence-corrected chi connectivity index (χ3v) is 4.53. The van der Waals surface area contributed by atoms with Crippen molar-refractivity contribution in [2.75, 3.05) is 31.6 Å². The molecule has 106 valence electrons. The molecule has 1 amide bonds. The topological polar surface area (TPSA) is 41.1 Å². The highest BCUT2D eigenvalue weighted by molar-refractivity contribution is 7.98. The van der Waals surface area contributed by atoms with Crippen LogP contribution in [-0.2, 0) is 4.79 Å². The molecule has 0 spiro atoms. The van der Waals surface area contributed by atoms with E-state index in [0.717, 1.165) is 51.7 Å². The summed E-state index contributed by atoms with van der Waals surface area (Å²) in [5, 5.41) is 6.51. The Morgan fingerprint density at radius 2 is 2.06 bits per heavy atom. The molecule has 2 N–H and O–H groups in total. The van der Waals surface area contributed by atoms with Crippen LogP contribution in [0.15, 0.2) is 0 Å². The molecule has 3 nitrogen and oxygen atoms in total. The van der Waals surface area contributed by atoms with E-state index in [4.69, 9.17) is 0 Å². The molecule has 1 saturated heterocycles. The number of rotatable bonds is 8. The molecular formula is C14H28N2OS. The number of unbranched alkanes of at least 4 members (excludes halogenated alkanes) is 1. The fourth-order valence-electron chi connectivity index (χ4n) is 2.74. The van der Waals surface area contributed by atoms with Gasteiger partial charge in [0.15, 0.2) is 0 Å². The van der Waals surface area contributed by atoms with Gasteiger partial charge in [0.1, 0.15) is 0 Å². The summed E-state index contributed by atoms with van der Waals surface area (Å²) < 4.78 is 0. The van der Waals surface area contributed by atoms with Crippen LogP contribution in [0, 0.1) is 5.41 Å². The average Bonchev–Trinajstić information content (AvgIpc) is 2.39. The molecule has 0 bridgehead atoms. The maximum Gasteiger partial charge on any atom is 0.226 e. The van der Waals surface area contributed by atoms with Gasteiger partial charge in [-0.25, -0.2) is 0 Å². The maximum atomic E-state index is 12.4. The fourth-order valence-corrected chi connectivity index (χ4v) is 3.23. The second kappa shape index (κ2) is 8.81. The van der Waals surface area contributed by atoms with Gasteiger partial charge in [0.2, 0.25) is 5.91 Å². The van der Waals surface area contributed by atoms with Crippen LogP contribution in [0.3, 0.4) is 0 Å². The van der Waals surface area contributed by atoms with Gasteiger partial charge in [-0.15, -0.1) is 0 Å². The molecule has 1 aliphatic heterocycles. The number of thioether (sulfide) groups is 1. The first-order chi connectivity index (χ1) is 8.75. The zero-order valence-electron chi connectivity index (χ0n) is 11.9. The lowest BCUT2D eigenvalue weighted by Gasteiger charge is -2.36. The van der Waals surface area contributed by atoms with Gasteiger partial charge >= 0.3 is 0 Å². The smallest absolute Gasteiger partial charge is 0.226 e. The largest absolute Gasteiger partial charge is 0.356 e. The number of piperidine rings is 1. The quantitative estimate of drug-likeness (QED) is 0.667. The zero-order valence-corrected chi connectivity index (χ0v) is 12.7. The first kappa shape index (κ1) is 15.8. The Morgan fingerprint density at radius 3 is 2.67 bits per heavy atom. The van der Waals surface area contributed by atoms with E-state index in [1.54, 1.807) is 0 Å². The zero-order chi connectivity index (χ0) is 13.3. The Morgan fingerprint density at radius 1 is 1.33 bits per heavy atom. The molecule has 0 radical (unpaired) electrons. The van der Waals surface area contributed by atoms with Gasteiger partial charge in [-0.1, -0.05) is 13.3 Å². The summed E-state index contributed by atoms with van der Waals surface area (Å²) in [7, 11) is 0. The fraction of sp³-hybridized carbons (Fsp3) is 0.929. The van der Waals surface area contributed by atoms with Crippen molar-refractivity contribution >= 4 is 17.7 Å². The van der Waals surface area contributed by atoms with Gasteiger partial charge in [0.05, 0.1) is 5.41 Å². The molecule has 0 saturated carbocycles. The van der Waals surface area contributed by atoms with Crippen molar-refractivity contribution in [3.8, 4) is 0 Å². The summed E-state index contributed by atoms with van der Waals surface area (Å²) in [6, 6.07) is 0. The van der Waals surface area contributed by atoms with Crippen molar-refractivity contribution in [2.24, 2.45) is 5.41 Å². The van der Waals surface area contributed by atoms with Gasteiger partial charge in [0.25, 0.3) is 0 Å². The Hall–Kier alpha value is -0.220. The molecule has 0 aromatic rings. The minimum Gasteiger partial charge on any atom is -0.356 e. The Labute approximate surface area is 116 Å². The van der Waals surface area contributed by atoms with Crippen molar-refractivity contribution in [1.82, 2.24) is 10.6 Å². The summed E-state index contributed by atoms with van der Waals surface area (Å²) in [5.74, 6) is 1.50. The molecule has 1 aliphatic rings. The summed E-state index contributed by atoms with van der Waals surface area (Å²) >= 11 is 1.87. The molecule has 4 heteroatoms. The third kappa shape index (κ3) is 4.81. The molecule has 1 fully saturated rings. The van der Waals surface area contributed by atoms with E-state index < -0.39 is 0 Å². The summed E-state index contributed by atoms with van der Waals surface area (Å²) in [6.07, 6.45) is 8.56. The van der Waals surface area contributed by atoms with E-state index in [1.807, 2.05) is 11.8 Å². The molecule has 1 rings (SSSR count). The van der Waals surface area contributed by atoms with E-state index in [2.05, 4.69) is 23.8 Å². The predicted octanol–water partition coefficient (Wildman–Crippen LogP) is 2.42. The SMILES string of the molecule is CCCC1(C(=O)NCCCCSC)CCNCC1. The molecule has 18 heavy (non-hydrogen) atoms. The highest BCUT2D eigenvalue weighted by atomic mass is 32.2. The Balaban J connectivity index is 2.35. The molecular weight excluding hydrogens is 244 g/mol. The lowest BCUT2D eigenvalue weighted by atomic mass is 9.74. The lowest BCUT2D eigenvalue weighted by Crippen LogP contribution is -2.47. The second-order valence-electron chi connectivity index (χ2n) is 5.24. The van der Waals surface area contributed by atoms with Crippen molar-refractivity contribution in [2.45, 2.75) is 45.4 Å². The van der Waals surface area contributed by atoms with Crippen LogP contribution >= 0.6 is 11.8 Å². The third-order valence-electron chi connectivity index (χ3n) is 3.83. The minimum atomic E-state index is -0.0838. The molecule has 1 heterocycles. The normalized spacial score (nSPS) is 18.6. The summed E-state index contributed by atoms with van der Waals surface area (Å²) in [4.78, 5) is 12.4. The molecule has 0 atom stereocenters. The molecule has 0 unspecified atom stereocenters. The lowest BCUT2D eigenvalue weighted by molar-refractivity contribution is -0.133. The second-order valence-corrected chi connectivity index (χ2v) is 6.22.